The van der Waals surface area contributed by atoms with E-state index in [1.807, 2.05) is 0 Å². The SMILES string of the molecule is Cc1cc(Oc2nc[nH]c(=O)c2I)c(F)cc1N. The van der Waals surface area contributed by atoms with Crippen LogP contribution in [0.25, 0.3) is 0 Å². The number of hydrogen-bond donors (Lipinski definition) is 2. The number of nitrogens with zero attached hydrogens (tertiary/aromatic N) is 1. The molecule has 0 saturated carbocycles. The van der Waals surface area contributed by atoms with Gasteiger partial charge < -0.3 is 15.5 Å². The van der Waals surface area contributed by atoms with Gasteiger partial charge in [-0.3, -0.25) is 4.79 Å². The number of benzene rings is 1. The highest BCUT2D eigenvalue weighted by Crippen LogP contribution is 2.28. The van der Waals surface area contributed by atoms with Crippen molar-refractivity contribution in [2.45, 2.75) is 6.92 Å². The number of rotatable bonds is 2. The van der Waals surface area contributed by atoms with E-state index in [0.717, 1.165) is 0 Å². The van der Waals surface area contributed by atoms with Crippen molar-refractivity contribution in [1.29, 1.82) is 0 Å². The van der Waals surface area contributed by atoms with Crippen LogP contribution in [0.4, 0.5) is 10.1 Å². The molecule has 5 nitrogen and oxygen atoms in total. The summed E-state index contributed by atoms with van der Waals surface area (Å²) in [5, 5.41) is 0. The van der Waals surface area contributed by atoms with Gasteiger partial charge in [0.1, 0.15) is 3.57 Å². The maximum absolute atomic E-state index is 13.6. The zero-order valence-corrected chi connectivity index (χ0v) is 11.5. The third-order valence-electron chi connectivity index (χ3n) is 2.29. The summed E-state index contributed by atoms with van der Waals surface area (Å²) < 4.78 is 19.2. The monoisotopic (exact) mass is 361 g/mol. The summed E-state index contributed by atoms with van der Waals surface area (Å²) in [7, 11) is 0. The third-order valence-corrected chi connectivity index (χ3v) is 3.24. The quantitative estimate of drug-likeness (QED) is 0.635. The molecule has 0 aliphatic heterocycles. The van der Waals surface area contributed by atoms with Crippen LogP contribution in [0.5, 0.6) is 11.6 Å². The van der Waals surface area contributed by atoms with Crippen molar-refractivity contribution in [2.24, 2.45) is 0 Å². The molecule has 0 saturated heterocycles. The first-order valence-corrected chi connectivity index (χ1v) is 6.03. The molecular weight excluding hydrogens is 352 g/mol. The fourth-order valence-electron chi connectivity index (χ4n) is 1.29. The highest BCUT2D eigenvalue weighted by atomic mass is 127. The minimum Gasteiger partial charge on any atom is -0.435 e. The van der Waals surface area contributed by atoms with Gasteiger partial charge in [-0.2, -0.15) is 0 Å². The Morgan fingerprint density at radius 2 is 2.22 bits per heavy atom. The molecule has 1 heterocycles. The largest absolute Gasteiger partial charge is 0.435 e. The average molecular weight is 361 g/mol. The fourth-order valence-corrected chi connectivity index (χ4v) is 1.70. The van der Waals surface area contributed by atoms with Crippen LogP contribution in [0.3, 0.4) is 0 Å². The number of nitrogens with one attached hydrogen (secondary N) is 1. The summed E-state index contributed by atoms with van der Waals surface area (Å²) >= 11 is 1.78. The normalized spacial score (nSPS) is 10.4. The Balaban J connectivity index is 2.43. The summed E-state index contributed by atoms with van der Waals surface area (Å²) in [6.45, 7) is 1.73. The van der Waals surface area contributed by atoms with Crippen molar-refractivity contribution in [1.82, 2.24) is 9.97 Å². The Hall–Kier alpha value is -1.64. The van der Waals surface area contributed by atoms with Crippen molar-refractivity contribution in [3.8, 4) is 11.6 Å². The third kappa shape index (κ3) is 2.45. The van der Waals surface area contributed by atoms with Gasteiger partial charge in [-0.05, 0) is 41.1 Å². The molecule has 0 atom stereocenters. The number of halogens is 2. The Morgan fingerprint density at radius 3 is 2.94 bits per heavy atom. The highest BCUT2D eigenvalue weighted by molar-refractivity contribution is 14.1. The van der Waals surface area contributed by atoms with E-state index in [1.54, 1.807) is 29.5 Å². The van der Waals surface area contributed by atoms with E-state index in [-0.39, 0.29) is 20.8 Å². The zero-order chi connectivity index (χ0) is 13.3. The number of aromatic amines is 1. The highest BCUT2D eigenvalue weighted by Gasteiger charge is 2.12. The van der Waals surface area contributed by atoms with E-state index in [9.17, 15) is 9.18 Å². The summed E-state index contributed by atoms with van der Waals surface area (Å²) in [6, 6.07) is 2.63. The number of H-pyrrole nitrogens is 1. The van der Waals surface area contributed by atoms with E-state index >= 15 is 0 Å². The smallest absolute Gasteiger partial charge is 0.268 e. The second-order valence-electron chi connectivity index (χ2n) is 3.59. The topological polar surface area (TPSA) is 81.0 Å². The molecule has 2 rings (SSSR count). The summed E-state index contributed by atoms with van der Waals surface area (Å²) in [5.74, 6) is -0.559. The zero-order valence-electron chi connectivity index (χ0n) is 9.33. The summed E-state index contributed by atoms with van der Waals surface area (Å²) in [5.41, 5.74) is 6.26. The first kappa shape index (κ1) is 12.8. The lowest BCUT2D eigenvalue weighted by Crippen LogP contribution is -2.11. The van der Waals surface area contributed by atoms with E-state index in [1.165, 1.54) is 18.5 Å². The minimum absolute atomic E-state index is 0.0160. The Morgan fingerprint density at radius 1 is 1.50 bits per heavy atom. The molecule has 3 N–H and O–H groups in total. The Kier molecular flexibility index (Phi) is 3.50. The van der Waals surface area contributed by atoms with Gasteiger partial charge in [0.25, 0.3) is 5.56 Å². The molecule has 0 aliphatic carbocycles. The van der Waals surface area contributed by atoms with Gasteiger partial charge in [-0.15, -0.1) is 0 Å². The molecule has 0 radical (unpaired) electrons. The molecule has 0 aliphatic rings. The second-order valence-corrected chi connectivity index (χ2v) is 4.67. The van der Waals surface area contributed by atoms with E-state index < -0.39 is 5.82 Å². The summed E-state index contributed by atoms with van der Waals surface area (Å²) in [6.07, 6.45) is 1.20. The molecule has 0 unspecified atom stereocenters. The maximum atomic E-state index is 13.6. The molecule has 0 fully saturated rings. The molecule has 7 heteroatoms. The molecule has 1 aromatic heterocycles. The number of aryl methyl sites for hydroxylation is 1. The molecule has 94 valence electrons. The molecule has 2 aromatic rings. The van der Waals surface area contributed by atoms with Crippen LogP contribution in [0.1, 0.15) is 5.56 Å². The molecule has 18 heavy (non-hydrogen) atoms. The lowest BCUT2D eigenvalue weighted by Gasteiger charge is -2.09. The number of ether oxygens (including phenoxy) is 1. The van der Waals surface area contributed by atoms with Crippen molar-refractivity contribution in [3.63, 3.8) is 0 Å². The number of nitrogen functional groups attached to an aromatic ring is 1. The molecule has 0 bridgehead atoms. The average Bonchev–Trinajstić information content (AvgIpc) is 2.32. The van der Waals surface area contributed by atoms with Crippen molar-refractivity contribution >= 4 is 28.3 Å². The van der Waals surface area contributed by atoms with Crippen LogP contribution in [-0.4, -0.2) is 9.97 Å². The van der Waals surface area contributed by atoms with Crippen molar-refractivity contribution in [2.75, 3.05) is 5.73 Å². The minimum atomic E-state index is -0.601. The van der Waals surface area contributed by atoms with E-state index in [4.69, 9.17) is 10.5 Å². The van der Waals surface area contributed by atoms with Gasteiger partial charge in [0.15, 0.2) is 11.6 Å². The molecule has 1 aromatic carbocycles. The Labute approximate surface area is 115 Å². The van der Waals surface area contributed by atoms with Crippen molar-refractivity contribution in [3.05, 3.63) is 43.8 Å². The van der Waals surface area contributed by atoms with Crippen LogP contribution in [0.15, 0.2) is 23.3 Å². The lowest BCUT2D eigenvalue weighted by molar-refractivity contribution is 0.422. The van der Waals surface area contributed by atoms with E-state index in [0.29, 0.717) is 11.3 Å². The number of anilines is 1. The van der Waals surface area contributed by atoms with Crippen LogP contribution >= 0.6 is 22.6 Å². The van der Waals surface area contributed by atoms with Crippen LogP contribution in [-0.2, 0) is 0 Å². The van der Waals surface area contributed by atoms with E-state index in [2.05, 4.69) is 9.97 Å². The standard InChI is InChI=1S/C11H9FIN3O2/c1-5-2-8(6(12)3-7(5)14)18-11-9(13)10(17)15-4-16-11/h2-4H,14H2,1H3,(H,15,16,17). The van der Waals surface area contributed by atoms with Crippen LogP contribution < -0.4 is 16.0 Å². The number of aromatic nitrogens is 2. The van der Waals surface area contributed by atoms with Gasteiger partial charge in [-0.1, -0.05) is 0 Å². The predicted molar refractivity (Wildman–Crippen MR) is 73.2 cm³/mol. The Bertz CT molecular complexity index is 657. The van der Waals surface area contributed by atoms with Crippen LogP contribution in [0.2, 0.25) is 0 Å². The van der Waals surface area contributed by atoms with Gasteiger partial charge in [0.2, 0.25) is 5.88 Å². The van der Waals surface area contributed by atoms with Crippen molar-refractivity contribution < 1.29 is 9.13 Å². The molecule has 0 spiro atoms. The predicted octanol–water partition coefficient (Wildman–Crippen LogP) is 2.20. The second kappa shape index (κ2) is 4.92. The number of nitrogens with two attached hydrogens (primary N) is 1. The van der Waals surface area contributed by atoms with Crippen LogP contribution in [0, 0.1) is 16.3 Å². The fraction of sp³-hybridized carbons (Fsp3) is 0.0909. The number of hydrogen-bond acceptors (Lipinski definition) is 4. The summed E-state index contributed by atoms with van der Waals surface area (Å²) in [4.78, 5) is 17.6. The van der Waals surface area contributed by atoms with Gasteiger partial charge in [-0.25, -0.2) is 9.37 Å². The van der Waals surface area contributed by atoms with Gasteiger partial charge in [0.05, 0.1) is 6.33 Å². The first-order chi connectivity index (χ1) is 8.49. The molecular formula is C11H9FIN3O2. The lowest BCUT2D eigenvalue weighted by atomic mass is 10.2. The van der Waals surface area contributed by atoms with Gasteiger partial charge >= 0.3 is 0 Å². The van der Waals surface area contributed by atoms with Gasteiger partial charge in [0, 0.05) is 11.8 Å². The maximum Gasteiger partial charge on any atom is 0.268 e. The molecule has 0 amide bonds. The first-order valence-electron chi connectivity index (χ1n) is 4.95.